The molecule has 0 spiro atoms. The van der Waals surface area contributed by atoms with Crippen molar-refractivity contribution in [3.05, 3.63) is 59.7 Å². The van der Waals surface area contributed by atoms with Crippen LogP contribution in [0.2, 0.25) is 0 Å². The van der Waals surface area contributed by atoms with Gasteiger partial charge in [0.05, 0.1) is 12.8 Å². The van der Waals surface area contributed by atoms with E-state index < -0.39 is 0 Å². The summed E-state index contributed by atoms with van der Waals surface area (Å²) in [5.74, 6) is 1.30. The van der Waals surface area contributed by atoms with Crippen molar-refractivity contribution in [3.8, 4) is 17.0 Å². The number of halogens is 1. The van der Waals surface area contributed by atoms with Gasteiger partial charge in [-0.15, -0.1) is 23.1 Å². The second-order valence-corrected chi connectivity index (χ2v) is 7.75. The number of ether oxygens (including phenoxy) is 1. The molecule has 1 heterocycles. The van der Waals surface area contributed by atoms with Crippen molar-refractivity contribution in [2.24, 2.45) is 0 Å². The normalized spacial score (nSPS) is 10.6. The van der Waals surface area contributed by atoms with E-state index in [1.165, 1.54) is 23.5 Å². The Labute approximate surface area is 165 Å². The van der Waals surface area contributed by atoms with Crippen LogP contribution in [0.5, 0.6) is 5.75 Å². The van der Waals surface area contributed by atoms with E-state index in [4.69, 9.17) is 4.74 Å². The van der Waals surface area contributed by atoms with Crippen LogP contribution < -0.4 is 10.1 Å². The third-order valence-corrected chi connectivity index (χ3v) is 5.62. The van der Waals surface area contributed by atoms with Gasteiger partial charge in [0.25, 0.3) is 0 Å². The first-order valence-electron chi connectivity index (χ1n) is 8.42. The molecule has 0 radical (unpaired) electrons. The average Bonchev–Trinajstić information content (AvgIpc) is 3.15. The van der Waals surface area contributed by atoms with E-state index in [0.29, 0.717) is 11.6 Å². The molecule has 0 atom stereocenters. The molecule has 0 aliphatic heterocycles. The molecule has 3 rings (SSSR count). The Hall–Kier alpha value is -2.38. The van der Waals surface area contributed by atoms with E-state index >= 15 is 0 Å². The number of carbonyl (C=O) groups excluding carboxylic acids is 1. The standard InChI is InChI=1S/C20H19FN2O2S2/c1-25-16-8-4-14(5-9-16)18-13-27-20(22-18)23-19(24)3-2-12-26-17-10-6-15(21)7-11-17/h4-11,13H,2-3,12H2,1H3,(H,22,23,24). The molecule has 2 aromatic carbocycles. The average molecular weight is 403 g/mol. The maximum Gasteiger partial charge on any atom is 0.226 e. The molecule has 0 unspecified atom stereocenters. The van der Waals surface area contributed by atoms with Crippen molar-refractivity contribution in [2.75, 3.05) is 18.2 Å². The quantitative estimate of drug-likeness (QED) is 0.401. The van der Waals surface area contributed by atoms with Crippen molar-refractivity contribution < 1.29 is 13.9 Å². The smallest absolute Gasteiger partial charge is 0.226 e. The monoisotopic (exact) mass is 402 g/mol. The minimum Gasteiger partial charge on any atom is -0.497 e. The lowest BCUT2D eigenvalue weighted by molar-refractivity contribution is -0.116. The fourth-order valence-corrected chi connectivity index (χ4v) is 3.95. The molecule has 3 aromatic rings. The van der Waals surface area contributed by atoms with Crippen molar-refractivity contribution in [1.82, 2.24) is 4.98 Å². The van der Waals surface area contributed by atoms with Gasteiger partial charge in [-0.05, 0) is 60.7 Å². The Bertz CT molecular complexity index is 880. The second-order valence-electron chi connectivity index (χ2n) is 5.72. The molecule has 0 bridgehead atoms. The van der Waals surface area contributed by atoms with Crippen molar-refractivity contribution in [2.45, 2.75) is 17.7 Å². The molecular weight excluding hydrogens is 383 g/mol. The van der Waals surface area contributed by atoms with E-state index in [0.717, 1.165) is 34.1 Å². The molecule has 1 N–H and O–H groups in total. The highest BCUT2D eigenvalue weighted by atomic mass is 32.2. The van der Waals surface area contributed by atoms with Gasteiger partial charge in [0.1, 0.15) is 11.6 Å². The lowest BCUT2D eigenvalue weighted by atomic mass is 10.2. The molecule has 0 saturated carbocycles. The summed E-state index contributed by atoms with van der Waals surface area (Å²) < 4.78 is 18.0. The van der Waals surface area contributed by atoms with Crippen LogP contribution in [0.1, 0.15) is 12.8 Å². The molecule has 1 amide bonds. The van der Waals surface area contributed by atoms with Gasteiger partial charge in [-0.1, -0.05) is 0 Å². The third-order valence-electron chi connectivity index (χ3n) is 3.77. The SMILES string of the molecule is COc1ccc(-c2csc(NC(=O)CCCSc3ccc(F)cc3)n2)cc1. The Morgan fingerprint density at radius 3 is 2.63 bits per heavy atom. The number of carbonyl (C=O) groups is 1. The van der Waals surface area contributed by atoms with Crippen LogP contribution in [0.25, 0.3) is 11.3 Å². The van der Waals surface area contributed by atoms with Crippen LogP contribution in [0.4, 0.5) is 9.52 Å². The number of benzene rings is 2. The van der Waals surface area contributed by atoms with E-state index in [9.17, 15) is 9.18 Å². The summed E-state index contributed by atoms with van der Waals surface area (Å²) in [6.45, 7) is 0. The Kier molecular flexibility index (Phi) is 6.84. The zero-order chi connectivity index (χ0) is 19.1. The van der Waals surface area contributed by atoms with Gasteiger partial charge >= 0.3 is 0 Å². The number of hydrogen-bond acceptors (Lipinski definition) is 5. The molecule has 0 aliphatic carbocycles. The van der Waals surface area contributed by atoms with E-state index in [-0.39, 0.29) is 11.7 Å². The van der Waals surface area contributed by atoms with E-state index in [1.54, 1.807) is 31.0 Å². The molecule has 7 heteroatoms. The van der Waals surface area contributed by atoms with Crippen LogP contribution in [0.3, 0.4) is 0 Å². The minimum atomic E-state index is -0.240. The molecule has 4 nitrogen and oxygen atoms in total. The number of thiazole rings is 1. The first-order chi connectivity index (χ1) is 13.1. The number of anilines is 1. The highest BCUT2D eigenvalue weighted by Gasteiger charge is 2.08. The zero-order valence-electron chi connectivity index (χ0n) is 14.8. The van der Waals surface area contributed by atoms with E-state index in [1.807, 2.05) is 29.6 Å². The predicted molar refractivity (Wildman–Crippen MR) is 109 cm³/mol. The van der Waals surface area contributed by atoms with Gasteiger partial charge in [0.2, 0.25) is 5.91 Å². The summed E-state index contributed by atoms with van der Waals surface area (Å²) in [5.41, 5.74) is 1.80. The molecular formula is C20H19FN2O2S2. The second kappa shape index (κ2) is 9.53. The van der Waals surface area contributed by atoms with Crippen LogP contribution in [0.15, 0.2) is 58.8 Å². The molecule has 1 aromatic heterocycles. The number of nitrogens with one attached hydrogen (secondary N) is 1. The molecule has 27 heavy (non-hydrogen) atoms. The van der Waals surface area contributed by atoms with Gasteiger partial charge in [-0.2, -0.15) is 0 Å². The van der Waals surface area contributed by atoms with Gasteiger partial charge in [-0.3, -0.25) is 4.79 Å². The lowest BCUT2D eigenvalue weighted by Crippen LogP contribution is -2.11. The summed E-state index contributed by atoms with van der Waals surface area (Å²) in [6, 6.07) is 14.0. The summed E-state index contributed by atoms with van der Waals surface area (Å²) in [4.78, 5) is 17.5. The van der Waals surface area contributed by atoms with Gasteiger partial charge < -0.3 is 10.1 Å². The topological polar surface area (TPSA) is 51.2 Å². The summed E-state index contributed by atoms with van der Waals surface area (Å²) >= 11 is 3.02. The Morgan fingerprint density at radius 1 is 1.19 bits per heavy atom. The maximum atomic E-state index is 12.9. The number of nitrogens with zero attached hydrogens (tertiary/aromatic N) is 1. The fraction of sp³-hybridized carbons (Fsp3) is 0.200. The number of aromatic nitrogens is 1. The molecule has 140 valence electrons. The third kappa shape index (κ3) is 5.80. The summed E-state index contributed by atoms with van der Waals surface area (Å²) in [5, 5.41) is 5.36. The first kappa shape index (κ1) is 19.4. The van der Waals surface area contributed by atoms with Gasteiger partial charge in [0, 0.05) is 22.3 Å². The highest BCUT2D eigenvalue weighted by molar-refractivity contribution is 7.99. The fourth-order valence-electron chi connectivity index (χ4n) is 2.36. The number of thioether (sulfide) groups is 1. The van der Waals surface area contributed by atoms with Crippen LogP contribution >= 0.6 is 23.1 Å². The lowest BCUT2D eigenvalue weighted by Gasteiger charge is -2.03. The Morgan fingerprint density at radius 2 is 1.93 bits per heavy atom. The van der Waals surface area contributed by atoms with Gasteiger partial charge in [0.15, 0.2) is 5.13 Å². The Balaban J connectivity index is 1.44. The van der Waals surface area contributed by atoms with Gasteiger partial charge in [-0.25, -0.2) is 9.37 Å². The van der Waals surface area contributed by atoms with Crippen LogP contribution in [-0.4, -0.2) is 23.8 Å². The van der Waals surface area contributed by atoms with Crippen molar-refractivity contribution in [1.29, 1.82) is 0 Å². The number of hydrogen-bond donors (Lipinski definition) is 1. The summed E-state index contributed by atoms with van der Waals surface area (Å²) in [6.07, 6.45) is 1.16. The summed E-state index contributed by atoms with van der Waals surface area (Å²) in [7, 11) is 1.63. The molecule has 0 fully saturated rings. The number of methoxy groups -OCH3 is 1. The first-order valence-corrected chi connectivity index (χ1v) is 10.3. The zero-order valence-corrected chi connectivity index (χ0v) is 16.4. The number of amides is 1. The molecule has 0 aliphatic rings. The minimum absolute atomic E-state index is 0.0506. The number of rotatable bonds is 8. The van der Waals surface area contributed by atoms with Crippen molar-refractivity contribution >= 4 is 34.1 Å². The van der Waals surface area contributed by atoms with Crippen molar-refractivity contribution in [3.63, 3.8) is 0 Å². The van der Waals surface area contributed by atoms with Crippen LogP contribution in [-0.2, 0) is 4.79 Å². The van der Waals surface area contributed by atoms with Crippen LogP contribution in [0, 0.1) is 5.82 Å². The highest BCUT2D eigenvalue weighted by Crippen LogP contribution is 2.26. The largest absolute Gasteiger partial charge is 0.497 e. The predicted octanol–water partition coefficient (Wildman–Crippen LogP) is 5.47. The maximum absolute atomic E-state index is 12.9. The molecule has 0 saturated heterocycles. The van der Waals surface area contributed by atoms with E-state index in [2.05, 4.69) is 10.3 Å².